The smallest absolute Gasteiger partial charge is 0.266 e. The molecule has 1 aliphatic rings. The maximum absolute atomic E-state index is 12.4. The Kier molecular flexibility index (Phi) is 2.99. The number of benzene rings is 2. The summed E-state index contributed by atoms with van der Waals surface area (Å²) in [6.07, 6.45) is 0. The highest BCUT2D eigenvalue weighted by molar-refractivity contribution is 6.36. The van der Waals surface area contributed by atoms with Crippen LogP contribution in [0.5, 0.6) is 0 Å². The fraction of sp³-hybridized carbons (Fsp3) is 0. The number of halogens is 1. The molecule has 0 aromatic heterocycles. The molecule has 21 heavy (non-hydrogen) atoms. The number of imide groups is 1. The summed E-state index contributed by atoms with van der Waals surface area (Å²) in [4.78, 5) is 37.3. The van der Waals surface area contributed by atoms with E-state index < -0.39 is 17.7 Å². The fourth-order valence-corrected chi connectivity index (χ4v) is 2.48. The SMILES string of the molecule is NC(=O)c1cc(Cl)ccc1N1C(=O)c2ccccc2C1=O. The van der Waals surface area contributed by atoms with Gasteiger partial charge in [0.25, 0.3) is 17.7 Å². The third-order valence-corrected chi connectivity index (χ3v) is 3.49. The largest absolute Gasteiger partial charge is 0.366 e. The van der Waals surface area contributed by atoms with Crippen molar-refractivity contribution < 1.29 is 14.4 Å². The molecule has 2 aromatic carbocycles. The molecule has 2 aromatic rings. The molecule has 0 radical (unpaired) electrons. The first-order valence-electron chi connectivity index (χ1n) is 6.08. The van der Waals surface area contributed by atoms with E-state index in [2.05, 4.69) is 0 Å². The lowest BCUT2D eigenvalue weighted by atomic mass is 10.1. The molecule has 0 spiro atoms. The fourth-order valence-electron chi connectivity index (χ4n) is 2.31. The first kappa shape index (κ1) is 13.3. The lowest BCUT2D eigenvalue weighted by molar-refractivity contribution is 0.0926. The number of fused-ring (bicyclic) bond motifs is 1. The number of carbonyl (C=O) groups is 3. The highest BCUT2D eigenvalue weighted by atomic mass is 35.5. The summed E-state index contributed by atoms with van der Waals surface area (Å²) >= 11 is 5.83. The van der Waals surface area contributed by atoms with E-state index in [1.54, 1.807) is 24.3 Å². The second-order valence-corrected chi connectivity index (χ2v) is 4.95. The number of carbonyl (C=O) groups excluding carboxylic acids is 3. The van der Waals surface area contributed by atoms with Crippen LogP contribution >= 0.6 is 11.6 Å². The van der Waals surface area contributed by atoms with Crippen LogP contribution in [0.1, 0.15) is 31.1 Å². The predicted molar refractivity (Wildman–Crippen MR) is 77.6 cm³/mol. The van der Waals surface area contributed by atoms with Gasteiger partial charge in [-0.2, -0.15) is 0 Å². The maximum atomic E-state index is 12.4. The van der Waals surface area contributed by atoms with Gasteiger partial charge in [-0.3, -0.25) is 14.4 Å². The summed E-state index contributed by atoms with van der Waals surface area (Å²) in [5.41, 5.74) is 6.06. The van der Waals surface area contributed by atoms with E-state index in [-0.39, 0.29) is 11.3 Å². The molecule has 3 amide bonds. The van der Waals surface area contributed by atoms with Gasteiger partial charge in [0.15, 0.2) is 0 Å². The molecule has 1 heterocycles. The van der Waals surface area contributed by atoms with Crippen LogP contribution < -0.4 is 10.6 Å². The Bertz CT molecular complexity index is 766. The number of amides is 3. The lowest BCUT2D eigenvalue weighted by Gasteiger charge is -2.17. The summed E-state index contributed by atoms with van der Waals surface area (Å²) in [5.74, 6) is -1.73. The van der Waals surface area contributed by atoms with Crippen molar-refractivity contribution in [2.24, 2.45) is 5.73 Å². The first-order chi connectivity index (χ1) is 10.0. The van der Waals surface area contributed by atoms with Crippen LogP contribution in [0.25, 0.3) is 0 Å². The quantitative estimate of drug-likeness (QED) is 0.864. The van der Waals surface area contributed by atoms with Crippen molar-refractivity contribution in [3.8, 4) is 0 Å². The Hall–Kier alpha value is -2.66. The van der Waals surface area contributed by atoms with Crippen molar-refractivity contribution in [1.82, 2.24) is 0 Å². The molecule has 5 nitrogen and oxygen atoms in total. The van der Waals surface area contributed by atoms with Gasteiger partial charge in [0.1, 0.15) is 0 Å². The van der Waals surface area contributed by atoms with E-state index in [9.17, 15) is 14.4 Å². The van der Waals surface area contributed by atoms with Crippen LogP contribution in [-0.4, -0.2) is 17.7 Å². The molecule has 0 fully saturated rings. The standard InChI is InChI=1S/C15H9ClN2O3/c16-8-5-6-12(11(7-8)13(17)19)18-14(20)9-3-1-2-4-10(9)15(18)21/h1-7H,(H2,17,19). The highest BCUT2D eigenvalue weighted by Crippen LogP contribution is 2.31. The average molecular weight is 301 g/mol. The molecule has 1 aliphatic heterocycles. The second kappa shape index (κ2) is 4.71. The number of nitrogens with zero attached hydrogens (tertiary/aromatic N) is 1. The van der Waals surface area contributed by atoms with E-state index in [1.807, 2.05) is 0 Å². The predicted octanol–water partition coefficient (Wildman–Crippen LogP) is 2.24. The molecule has 0 saturated heterocycles. The molecule has 0 aliphatic carbocycles. The van der Waals surface area contributed by atoms with Crippen LogP contribution in [0.15, 0.2) is 42.5 Å². The molecule has 0 bridgehead atoms. The summed E-state index contributed by atoms with van der Waals surface area (Å²) in [6.45, 7) is 0. The van der Waals surface area contributed by atoms with Gasteiger partial charge in [-0.15, -0.1) is 0 Å². The summed E-state index contributed by atoms with van der Waals surface area (Å²) in [5, 5.41) is 0.296. The van der Waals surface area contributed by atoms with Gasteiger partial charge in [-0.1, -0.05) is 23.7 Å². The number of rotatable bonds is 2. The topological polar surface area (TPSA) is 80.5 Å². The van der Waals surface area contributed by atoms with Crippen molar-refractivity contribution in [3.63, 3.8) is 0 Å². The van der Waals surface area contributed by atoms with Crippen molar-refractivity contribution in [2.75, 3.05) is 4.90 Å². The molecule has 2 N–H and O–H groups in total. The van der Waals surface area contributed by atoms with Crippen LogP contribution in [0, 0.1) is 0 Å². The minimum Gasteiger partial charge on any atom is -0.366 e. The van der Waals surface area contributed by atoms with E-state index >= 15 is 0 Å². The average Bonchev–Trinajstić information content (AvgIpc) is 2.72. The molecule has 0 unspecified atom stereocenters. The van der Waals surface area contributed by atoms with Gasteiger partial charge in [0, 0.05) is 5.02 Å². The first-order valence-corrected chi connectivity index (χ1v) is 6.45. The van der Waals surface area contributed by atoms with Gasteiger partial charge < -0.3 is 5.73 Å². The number of hydrogen-bond acceptors (Lipinski definition) is 3. The Labute approximate surface area is 124 Å². The van der Waals surface area contributed by atoms with E-state index in [1.165, 1.54) is 18.2 Å². The van der Waals surface area contributed by atoms with E-state index in [0.29, 0.717) is 16.1 Å². The van der Waals surface area contributed by atoms with E-state index in [4.69, 9.17) is 17.3 Å². The summed E-state index contributed by atoms with van der Waals surface area (Å²) in [7, 11) is 0. The second-order valence-electron chi connectivity index (χ2n) is 4.52. The van der Waals surface area contributed by atoms with Crippen molar-refractivity contribution in [3.05, 3.63) is 64.2 Å². The number of nitrogens with two attached hydrogens (primary N) is 1. The van der Waals surface area contributed by atoms with Crippen LogP contribution in [0.2, 0.25) is 5.02 Å². The van der Waals surface area contributed by atoms with Gasteiger partial charge in [-0.05, 0) is 30.3 Å². The van der Waals surface area contributed by atoms with Crippen LogP contribution in [0.3, 0.4) is 0 Å². The third kappa shape index (κ3) is 1.98. The van der Waals surface area contributed by atoms with Gasteiger partial charge in [-0.25, -0.2) is 4.90 Å². The molecule has 0 saturated carbocycles. The molecule has 3 rings (SSSR count). The van der Waals surface area contributed by atoms with Gasteiger partial charge in [0.2, 0.25) is 0 Å². The zero-order valence-corrected chi connectivity index (χ0v) is 11.4. The minimum absolute atomic E-state index is 0.0250. The van der Waals surface area contributed by atoms with Gasteiger partial charge in [0.05, 0.1) is 22.4 Å². The zero-order valence-electron chi connectivity index (χ0n) is 10.7. The highest BCUT2D eigenvalue weighted by Gasteiger charge is 2.37. The Morgan fingerprint density at radius 1 is 1.00 bits per heavy atom. The Morgan fingerprint density at radius 3 is 2.10 bits per heavy atom. The number of hydrogen-bond donors (Lipinski definition) is 1. The molecular formula is C15H9ClN2O3. The number of anilines is 1. The molecular weight excluding hydrogens is 292 g/mol. The van der Waals surface area contributed by atoms with Gasteiger partial charge >= 0.3 is 0 Å². The normalized spacial score (nSPS) is 13.5. The minimum atomic E-state index is -0.760. The van der Waals surface area contributed by atoms with Crippen molar-refractivity contribution >= 4 is 35.0 Å². The van der Waals surface area contributed by atoms with Crippen LogP contribution in [-0.2, 0) is 0 Å². The summed E-state index contributed by atoms with van der Waals surface area (Å²) in [6, 6.07) is 10.7. The number of primary amides is 1. The van der Waals surface area contributed by atoms with Crippen LogP contribution in [0.4, 0.5) is 5.69 Å². The lowest BCUT2D eigenvalue weighted by Crippen LogP contribution is -2.31. The molecule has 0 atom stereocenters. The maximum Gasteiger partial charge on any atom is 0.266 e. The van der Waals surface area contributed by atoms with Crippen molar-refractivity contribution in [1.29, 1.82) is 0 Å². The summed E-state index contributed by atoms with van der Waals surface area (Å²) < 4.78 is 0. The Balaban J connectivity index is 2.18. The van der Waals surface area contributed by atoms with Crippen molar-refractivity contribution in [2.45, 2.75) is 0 Å². The zero-order chi connectivity index (χ0) is 15.1. The Morgan fingerprint density at radius 2 is 1.57 bits per heavy atom. The molecule has 104 valence electrons. The monoisotopic (exact) mass is 300 g/mol. The molecule has 6 heteroatoms. The van der Waals surface area contributed by atoms with E-state index in [0.717, 1.165) is 4.90 Å². The third-order valence-electron chi connectivity index (χ3n) is 3.26.